The third-order valence-electron chi connectivity index (χ3n) is 3.51. The Hall–Kier alpha value is -2.60. The molecule has 0 spiro atoms. The molecule has 0 radical (unpaired) electrons. The molecule has 0 atom stereocenters. The highest BCUT2D eigenvalue weighted by Gasteiger charge is 2.12. The van der Waals surface area contributed by atoms with Gasteiger partial charge >= 0.3 is 0 Å². The van der Waals surface area contributed by atoms with Gasteiger partial charge in [0.2, 0.25) is 5.88 Å². The highest BCUT2D eigenvalue weighted by atomic mass is 32.2. The van der Waals surface area contributed by atoms with Crippen LogP contribution >= 0.6 is 0 Å². The molecule has 3 rings (SSSR count). The molecule has 3 aromatic rings. The number of ether oxygens (including phenoxy) is 1. The Morgan fingerprint density at radius 3 is 2.09 bits per heavy atom. The number of nitrogens with zero attached hydrogens (tertiary/aromatic N) is 1. The topological polar surface area (TPSA) is 69.4 Å². The summed E-state index contributed by atoms with van der Waals surface area (Å²) in [7, 11) is -1.64. The Morgan fingerprint density at radius 1 is 0.957 bits per heavy atom. The molecule has 0 saturated carbocycles. The summed E-state index contributed by atoms with van der Waals surface area (Å²) in [4.78, 5) is 4.48. The average molecular weight is 329 g/mol. The number of hydrogen-bond acceptors (Lipinski definition) is 5. The van der Waals surface area contributed by atoms with Gasteiger partial charge < -0.3 is 9.15 Å². The fourth-order valence-electron chi connectivity index (χ4n) is 2.29. The molecule has 23 heavy (non-hydrogen) atoms. The number of hydrogen-bond donors (Lipinski definition) is 0. The average Bonchev–Trinajstić information content (AvgIpc) is 3.04. The number of methoxy groups -OCH3 is 1. The van der Waals surface area contributed by atoms with E-state index < -0.39 is 9.84 Å². The van der Waals surface area contributed by atoms with E-state index in [0.717, 1.165) is 22.3 Å². The van der Waals surface area contributed by atoms with Gasteiger partial charge in [-0.15, -0.1) is 0 Å². The van der Waals surface area contributed by atoms with Gasteiger partial charge in [0.05, 0.1) is 24.5 Å². The molecule has 0 fully saturated rings. The summed E-state index contributed by atoms with van der Waals surface area (Å²) in [6, 6.07) is 10.4. The second-order valence-electron chi connectivity index (χ2n) is 5.08. The van der Waals surface area contributed by atoms with Crippen LogP contribution in [0.4, 0.5) is 0 Å². The van der Waals surface area contributed by atoms with Gasteiger partial charge in [0.1, 0.15) is 0 Å². The Bertz CT molecular complexity index is 910. The first-order chi connectivity index (χ1) is 11.0. The van der Waals surface area contributed by atoms with Crippen molar-refractivity contribution in [3.63, 3.8) is 0 Å². The second-order valence-corrected chi connectivity index (χ2v) is 7.10. The van der Waals surface area contributed by atoms with E-state index in [0.29, 0.717) is 5.88 Å². The van der Waals surface area contributed by atoms with Gasteiger partial charge in [-0.3, -0.25) is 0 Å². The van der Waals surface area contributed by atoms with E-state index in [1.807, 2.05) is 6.07 Å². The van der Waals surface area contributed by atoms with Crippen molar-refractivity contribution in [1.29, 1.82) is 0 Å². The molecular formula is C17H15NO4S. The van der Waals surface area contributed by atoms with Gasteiger partial charge in [-0.05, 0) is 23.8 Å². The minimum atomic E-state index is -3.21. The molecule has 6 heteroatoms. The molecule has 0 aliphatic rings. The second kappa shape index (κ2) is 5.89. The minimum absolute atomic E-state index is 0.289. The van der Waals surface area contributed by atoms with Gasteiger partial charge in [0.15, 0.2) is 9.84 Å². The van der Waals surface area contributed by atoms with Gasteiger partial charge in [-0.25, -0.2) is 13.4 Å². The van der Waals surface area contributed by atoms with Crippen molar-refractivity contribution < 1.29 is 17.6 Å². The maximum atomic E-state index is 11.5. The molecule has 0 aliphatic carbocycles. The van der Waals surface area contributed by atoms with Crippen LogP contribution in [0, 0.1) is 0 Å². The summed E-state index contributed by atoms with van der Waals surface area (Å²) in [5.74, 6) is 0.538. The van der Waals surface area contributed by atoms with E-state index in [1.165, 1.54) is 6.26 Å². The Labute approximate surface area is 134 Å². The van der Waals surface area contributed by atoms with Crippen LogP contribution in [0.3, 0.4) is 0 Å². The summed E-state index contributed by atoms with van der Waals surface area (Å²) in [6.07, 6.45) is 6.17. The van der Waals surface area contributed by atoms with E-state index in [1.54, 1.807) is 56.2 Å². The number of sulfone groups is 1. The maximum absolute atomic E-state index is 11.5. The first kappa shape index (κ1) is 15.3. The summed E-state index contributed by atoms with van der Waals surface area (Å²) in [5.41, 5.74) is 3.52. The zero-order valence-corrected chi connectivity index (χ0v) is 13.5. The first-order valence-corrected chi connectivity index (χ1v) is 8.75. The third kappa shape index (κ3) is 3.12. The molecular weight excluding hydrogens is 314 g/mol. The zero-order chi connectivity index (χ0) is 16.4. The Morgan fingerprint density at radius 2 is 1.57 bits per heavy atom. The summed E-state index contributed by atoms with van der Waals surface area (Å²) in [6.45, 7) is 0. The first-order valence-electron chi connectivity index (χ1n) is 6.86. The van der Waals surface area contributed by atoms with Gasteiger partial charge in [0, 0.05) is 35.2 Å². The van der Waals surface area contributed by atoms with Crippen molar-refractivity contribution in [2.24, 2.45) is 0 Å². The molecule has 2 aromatic heterocycles. The van der Waals surface area contributed by atoms with Crippen LogP contribution in [0.25, 0.3) is 22.3 Å². The SMILES string of the molecule is COc1ccc(-c2cocc2-c2ccc(S(C)(=O)=O)cc2)cn1. The van der Waals surface area contributed by atoms with Crippen molar-refractivity contribution in [3.05, 3.63) is 55.1 Å². The van der Waals surface area contributed by atoms with Crippen LogP contribution < -0.4 is 4.74 Å². The standard InChI is InChI=1S/C17H15NO4S/c1-21-17-8-5-13(9-18-17)16-11-22-10-15(16)12-3-6-14(7-4-12)23(2,19)20/h3-11H,1-2H3. The fourth-order valence-corrected chi connectivity index (χ4v) is 2.92. The quantitative estimate of drug-likeness (QED) is 0.733. The van der Waals surface area contributed by atoms with E-state index >= 15 is 0 Å². The van der Waals surface area contributed by atoms with Gasteiger partial charge in [0.25, 0.3) is 0 Å². The van der Waals surface area contributed by atoms with Crippen LogP contribution in [0.15, 0.2) is 64.4 Å². The van der Waals surface area contributed by atoms with Crippen molar-refractivity contribution in [1.82, 2.24) is 4.98 Å². The highest BCUT2D eigenvalue weighted by Crippen LogP contribution is 2.33. The lowest BCUT2D eigenvalue weighted by atomic mass is 10.0. The Kier molecular flexibility index (Phi) is 3.92. The molecule has 2 heterocycles. The zero-order valence-electron chi connectivity index (χ0n) is 12.7. The lowest BCUT2D eigenvalue weighted by Gasteiger charge is -2.05. The maximum Gasteiger partial charge on any atom is 0.212 e. The number of benzene rings is 1. The van der Waals surface area contributed by atoms with E-state index in [9.17, 15) is 8.42 Å². The summed E-state index contributed by atoms with van der Waals surface area (Å²) >= 11 is 0. The largest absolute Gasteiger partial charge is 0.481 e. The molecule has 1 aromatic carbocycles. The van der Waals surface area contributed by atoms with Gasteiger partial charge in [-0.1, -0.05) is 12.1 Å². The van der Waals surface area contributed by atoms with Crippen LogP contribution in [0.1, 0.15) is 0 Å². The number of furan rings is 1. The molecule has 0 amide bonds. The molecule has 118 valence electrons. The van der Waals surface area contributed by atoms with Crippen molar-refractivity contribution in [3.8, 4) is 28.1 Å². The molecule has 0 unspecified atom stereocenters. The van der Waals surface area contributed by atoms with Crippen LogP contribution in [0.5, 0.6) is 5.88 Å². The van der Waals surface area contributed by atoms with Crippen molar-refractivity contribution >= 4 is 9.84 Å². The summed E-state index contributed by atoms with van der Waals surface area (Å²) in [5, 5.41) is 0. The molecule has 0 aliphatic heterocycles. The van der Waals surface area contributed by atoms with Crippen molar-refractivity contribution in [2.45, 2.75) is 4.90 Å². The predicted molar refractivity (Wildman–Crippen MR) is 87.0 cm³/mol. The smallest absolute Gasteiger partial charge is 0.212 e. The molecule has 0 saturated heterocycles. The lowest BCUT2D eigenvalue weighted by molar-refractivity contribution is 0.398. The van der Waals surface area contributed by atoms with E-state index in [-0.39, 0.29) is 4.90 Å². The number of pyridine rings is 1. The monoisotopic (exact) mass is 329 g/mol. The lowest BCUT2D eigenvalue weighted by Crippen LogP contribution is -1.96. The third-order valence-corrected chi connectivity index (χ3v) is 4.64. The predicted octanol–water partition coefficient (Wildman–Crippen LogP) is 3.42. The van der Waals surface area contributed by atoms with Crippen molar-refractivity contribution in [2.75, 3.05) is 13.4 Å². The summed E-state index contributed by atoms with van der Waals surface area (Å²) < 4.78 is 33.5. The fraction of sp³-hybridized carbons (Fsp3) is 0.118. The van der Waals surface area contributed by atoms with Gasteiger partial charge in [-0.2, -0.15) is 0 Å². The van der Waals surface area contributed by atoms with E-state index in [4.69, 9.17) is 9.15 Å². The number of aromatic nitrogens is 1. The van der Waals surface area contributed by atoms with Crippen LogP contribution in [-0.4, -0.2) is 26.8 Å². The number of rotatable bonds is 4. The Balaban J connectivity index is 2.00. The normalized spacial score (nSPS) is 11.4. The molecule has 5 nitrogen and oxygen atoms in total. The van der Waals surface area contributed by atoms with Crippen LogP contribution in [0.2, 0.25) is 0 Å². The van der Waals surface area contributed by atoms with Crippen LogP contribution in [-0.2, 0) is 9.84 Å². The molecule has 0 N–H and O–H groups in total. The minimum Gasteiger partial charge on any atom is -0.481 e. The highest BCUT2D eigenvalue weighted by molar-refractivity contribution is 7.90. The van der Waals surface area contributed by atoms with E-state index in [2.05, 4.69) is 4.98 Å². The molecule has 0 bridgehead atoms.